The molecule has 0 amide bonds. The van der Waals surface area contributed by atoms with E-state index in [-0.39, 0.29) is 0 Å². The second-order valence-electron chi connectivity index (χ2n) is 7.02. The summed E-state index contributed by atoms with van der Waals surface area (Å²) in [5, 5.41) is 3.69. The Kier molecular flexibility index (Phi) is 4.16. The largest absolute Gasteiger partial charge is 0.380 e. The number of hydrogen-bond acceptors (Lipinski definition) is 3. The molecule has 0 radical (unpaired) electrons. The van der Waals surface area contributed by atoms with Gasteiger partial charge in [0.25, 0.3) is 0 Å². The average molecular weight is 266 g/mol. The second kappa shape index (κ2) is 5.71. The van der Waals surface area contributed by atoms with Crippen molar-refractivity contribution in [2.24, 2.45) is 0 Å². The summed E-state index contributed by atoms with van der Waals surface area (Å²) < 4.78 is 5.82. The van der Waals surface area contributed by atoms with Gasteiger partial charge in [-0.2, -0.15) is 0 Å². The summed E-state index contributed by atoms with van der Waals surface area (Å²) in [4.78, 5) is 2.88. The summed E-state index contributed by atoms with van der Waals surface area (Å²) >= 11 is 0. The van der Waals surface area contributed by atoms with Crippen LogP contribution >= 0.6 is 0 Å². The van der Waals surface area contributed by atoms with E-state index in [1.54, 1.807) is 0 Å². The highest BCUT2D eigenvalue weighted by Crippen LogP contribution is 2.41. The molecule has 3 atom stereocenters. The molecule has 3 unspecified atom stereocenters. The standard InChI is InChI=1S/C16H30N2O/c1-3-17-13-10-14-6-4-7-15(11-13)18(14)16(2)8-5-9-19-12-16/h13-15,17H,3-12H2,1-2H3. The maximum atomic E-state index is 5.82. The van der Waals surface area contributed by atoms with Crippen LogP contribution in [0.2, 0.25) is 0 Å². The van der Waals surface area contributed by atoms with E-state index in [0.717, 1.165) is 37.9 Å². The Morgan fingerprint density at radius 2 is 1.95 bits per heavy atom. The molecule has 3 aliphatic heterocycles. The first-order valence-electron chi connectivity index (χ1n) is 8.32. The predicted molar refractivity (Wildman–Crippen MR) is 78.4 cm³/mol. The highest BCUT2D eigenvalue weighted by atomic mass is 16.5. The van der Waals surface area contributed by atoms with Gasteiger partial charge in [-0.25, -0.2) is 0 Å². The van der Waals surface area contributed by atoms with Crippen LogP contribution in [-0.2, 0) is 4.74 Å². The number of nitrogens with one attached hydrogen (secondary N) is 1. The molecule has 0 aromatic carbocycles. The van der Waals surface area contributed by atoms with E-state index in [4.69, 9.17) is 4.74 Å². The van der Waals surface area contributed by atoms with E-state index >= 15 is 0 Å². The number of piperidine rings is 2. The van der Waals surface area contributed by atoms with Gasteiger partial charge in [0.1, 0.15) is 0 Å². The number of ether oxygens (including phenoxy) is 1. The fourth-order valence-corrected chi connectivity index (χ4v) is 4.84. The first-order chi connectivity index (χ1) is 9.23. The Balaban J connectivity index is 1.74. The normalized spacial score (nSPS) is 44.2. The number of rotatable bonds is 3. The third-order valence-electron chi connectivity index (χ3n) is 5.51. The van der Waals surface area contributed by atoms with Crippen LogP contribution in [0.3, 0.4) is 0 Å². The first-order valence-corrected chi connectivity index (χ1v) is 8.32. The average Bonchev–Trinajstić information content (AvgIpc) is 2.39. The van der Waals surface area contributed by atoms with Crippen molar-refractivity contribution in [3.8, 4) is 0 Å². The van der Waals surface area contributed by atoms with Crippen molar-refractivity contribution in [2.45, 2.75) is 82.5 Å². The summed E-state index contributed by atoms with van der Waals surface area (Å²) in [5.41, 5.74) is 0.311. The Morgan fingerprint density at radius 1 is 1.21 bits per heavy atom. The van der Waals surface area contributed by atoms with Crippen molar-refractivity contribution >= 4 is 0 Å². The molecule has 1 N–H and O–H groups in total. The van der Waals surface area contributed by atoms with E-state index in [2.05, 4.69) is 24.1 Å². The minimum absolute atomic E-state index is 0.311. The van der Waals surface area contributed by atoms with Gasteiger partial charge in [0, 0.05) is 30.3 Å². The van der Waals surface area contributed by atoms with E-state index < -0.39 is 0 Å². The molecule has 3 heterocycles. The van der Waals surface area contributed by atoms with Crippen molar-refractivity contribution < 1.29 is 4.74 Å². The molecule has 3 rings (SSSR count). The lowest BCUT2D eigenvalue weighted by Gasteiger charge is -2.57. The zero-order valence-electron chi connectivity index (χ0n) is 12.7. The molecular weight excluding hydrogens is 236 g/mol. The molecule has 3 fully saturated rings. The highest BCUT2D eigenvalue weighted by molar-refractivity contribution is 5.03. The molecule has 0 saturated carbocycles. The van der Waals surface area contributed by atoms with Crippen LogP contribution in [-0.4, -0.2) is 48.3 Å². The van der Waals surface area contributed by atoms with Gasteiger partial charge in [0.05, 0.1) is 6.61 Å². The van der Waals surface area contributed by atoms with Gasteiger partial charge in [-0.3, -0.25) is 4.90 Å². The van der Waals surface area contributed by atoms with Gasteiger partial charge < -0.3 is 10.1 Å². The fourth-order valence-electron chi connectivity index (χ4n) is 4.84. The van der Waals surface area contributed by atoms with E-state index in [0.29, 0.717) is 5.54 Å². The van der Waals surface area contributed by atoms with Crippen LogP contribution in [0, 0.1) is 0 Å². The third-order valence-corrected chi connectivity index (χ3v) is 5.51. The second-order valence-corrected chi connectivity index (χ2v) is 7.02. The summed E-state index contributed by atoms with van der Waals surface area (Å²) in [6.07, 6.45) is 9.48. The topological polar surface area (TPSA) is 24.5 Å². The number of hydrogen-bond donors (Lipinski definition) is 1. The Morgan fingerprint density at radius 3 is 2.53 bits per heavy atom. The van der Waals surface area contributed by atoms with Crippen molar-refractivity contribution in [3.63, 3.8) is 0 Å². The Bertz CT molecular complexity index is 287. The smallest absolute Gasteiger partial charge is 0.0647 e. The van der Waals surface area contributed by atoms with Gasteiger partial charge in [0.15, 0.2) is 0 Å². The minimum Gasteiger partial charge on any atom is -0.380 e. The zero-order chi connectivity index (χ0) is 13.3. The van der Waals surface area contributed by atoms with Gasteiger partial charge in [-0.15, -0.1) is 0 Å². The molecule has 0 aliphatic carbocycles. The van der Waals surface area contributed by atoms with Crippen molar-refractivity contribution in [3.05, 3.63) is 0 Å². The zero-order valence-corrected chi connectivity index (χ0v) is 12.7. The summed E-state index contributed by atoms with van der Waals surface area (Å²) in [7, 11) is 0. The maximum absolute atomic E-state index is 5.82. The summed E-state index contributed by atoms with van der Waals surface area (Å²) in [5.74, 6) is 0. The summed E-state index contributed by atoms with van der Waals surface area (Å²) in [6, 6.07) is 2.34. The van der Waals surface area contributed by atoms with Crippen LogP contribution < -0.4 is 5.32 Å². The van der Waals surface area contributed by atoms with Gasteiger partial charge in [0.2, 0.25) is 0 Å². The molecule has 19 heavy (non-hydrogen) atoms. The molecule has 110 valence electrons. The molecule has 3 nitrogen and oxygen atoms in total. The molecule has 0 aromatic rings. The van der Waals surface area contributed by atoms with Crippen molar-refractivity contribution in [1.82, 2.24) is 10.2 Å². The van der Waals surface area contributed by atoms with Crippen LogP contribution in [0.1, 0.15) is 58.8 Å². The van der Waals surface area contributed by atoms with Crippen LogP contribution in [0.15, 0.2) is 0 Å². The summed E-state index contributed by atoms with van der Waals surface area (Å²) in [6.45, 7) is 7.72. The number of nitrogens with zero attached hydrogens (tertiary/aromatic N) is 1. The van der Waals surface area contributed by atoms with E-state index in [9.17, 15) is 0 Å². The fraction of sp³-hybridized carbons (Fsp3) is 1.00. The predicted octanol–water partition coefficient (Wildman–Crippen LogP) is 2.55. The monoisotopic (exact) mass is 266 g/mol. The van der Waals surface area contributed by atoms with E-state index in [1.807, 2.05) is 0 Å². The molecular formula is C16H30N2O. The highest BCUT2D eigenvalue weighted by Gasteiger charge is 2.47. The van der Waals surface area contributed by atoms with Crippen molar-refractivity contribution in [1.29, 1.82) is 0 Å². The van der Waals surface area contributed by atoms with Gasteiger partial charge in [-0.1, -0.05) is 13.3 Å². The minimum atomic E-state index is 0.311. The van der Waals surface area contributed by atoms with E-state index in [1.165, 1.54) is 44.9 Å². The van der Waals surface area contributed by atoms with Crippen LogP contribution in [0.25, 0.3) is 0 Å². The molecule has 3 aliphatic rings. The Labute approximate surface area is 118 Å². The molecule has 0 aromatic heterocycles. The quantitative estimate of drug-likeness (QED) is 0.849. The first kappa shape index (κ1) is 13.8. The molecule has 2 bridgehead atoms. The SMILES string of the molecule is CCNC1CC2CCCC(C1)N2C1(C)CCCOC1. The van der Waals surface area contributed by atoms with Gasteiger partial charge >= 0.3 is 0 Å². The molecule has 0 spiro atoms. The Hall–Kier alpha value is -0.120. The lowest BCUT2D eigenvalue weighted by atomic mass is 9.76. The lowest BCUT2D eigenvalue weighted by molar-refractivity contribution is -0.112. The maximum Gasteiger partial charge on any atom is 0.0647 e. The van der Waals surface area contributed by atoms with Gasteiger partial charge in [-0.05, 0) is 52.0 Å². The third kappa shape index (κ3) is 2.70. The molecule has 3 saturated heterocycles. The lowest BCUT2D eigenvalue weighted by Crippen LogP contribution is -2.66. The van der Waals surface area contributed by atoms with Crippen LogP contribution in [0.4, 0.5) is 0 Å². The van der Waals surface area contributed by atoms with Crippen molar-refractivity contribution in [2.75, 3.05) is 19.8 Å². The molecule has 3 heteroatoms. The number of fused-ring (bicyclic) bond motifs is 2. The van der Waals surface area contributed by atoms with Crippen LogP contribution in [0.5, 0.6) is 0 Å².